The van der Waals surface area contributed by atoms with Crippen molar-refractivity contribution in [1.29, 1.82) is 0 Å². The number of anilines is 3. The molecule has 0 radical (unpaired) electrons. The second kappa shape index (κ2) is 14.8. The Kier molecular flexibility index (Phi) is 8.24. The predicted molar refractivity (Wildman–Crippen MR) is 287 cm³/mol. The fourth-order valence-corrected chi connectivity index (χ4v) is 13.0. The van der Waals surface area contributed by atoms with Gasteiger partial charge in [-0.25, -0.2) is 0 Å². The number of hydrogen-bond acceptors (Lipinski definition) is 2. The fraction of sp³-hybridized carbons (Fsp3) is 0.0294. The molecule has 1 spiro atoms. The summed E-state index contributed by atoms with van der Waals surface area (Å²) in [5.41, 5.74) is 24.3. The van der Waals surface area contributed by atoms with E-state index >= 15 is 0 Å². The van der Waals surface area contributed by atoms with Gasteiger partial charge in [0.1, 0.15) is 11.2 Å². The molecule has 2 nitrogen and oxygen atoms in total. The van der Waals surface area contributed by atoms with Gasteiger partial charge in [0, 0.05) is 33.4 Å². The zero-order valence-corrected chi connectivity index (χ0v) is 38.2. The van der Waals surface area contributed by atoms with Crippen LogP contribution in [0, 0.1) is 0 Å². The van der Waals surface area contributed by atoms with Gasteiger partial charge in [-0.15, -0.1) is 0 Å². The summed E-state index contributed by atoms with van der Waals surface area (Å²) in [6, 6.07) is 96.7. The second-order valence-electron chi connectivity index (χ2n) is 19.0. The van der Waals surface area contributed by atoms with Gasteiger partial charge < -0.3 is 9.32 Å². The van der Waals surface area contributed by atoms with Gasteiger partial charge in [-0.05, 0) is 126 Å². The molecule has 326 valence electrons. The van der Waals surface area contributed by atoms with Crippen LogP contribution in [-0.2, 0) is 10.8 Å². The lowest BCUT2D eigenvalue weighted by atomic mass is 9.67. The van der Waals surface area contributed by atoms with E-state index in [-0.39, 0.29) is 0 Å². The molecule has 2 heteroatoms. The van der Waals surface area contributed by atoms with Crippen LogP contribution in [-0.4, -0.2) is 0 Å². The van der Waals surface area contributed by atoms with Crippen molar-refractivity contribution >= 4 is 39.0 Å². The molecule has 15 rings (SSSR count). The highest BCUT2D eigenvalue weighted by Crippen LogP contribution is 2.64. The summed E-state index contributed by atoms with van der Waals surface area (Å²) in [7, 11) is 0. The third-order valence-electron chi connectivity index (χ3n) is 15.8. The minimum absolute atomic E-state index is 0.457. The Morgan fingerprint density at radius 1 is 0.271 bits per heavy atom. The molecule has 1 heterocycles. The molecule has 0 aliphatic heterocycles. The van der Waals surface area contributed by atoms with Crippen molar-refractivity contribution in [1.82, 2.24) is 0 Å². The highest BCUT2D eigenvalue weighted by atomic mass is 16.3. The van der Waals surface area contributed by atoms with Gasteiger partial charge >= 0.3 is 0 Å². The fourth-order valence-electron chi connectivity index (χ4n) is 13.0. The number of furan rings is 1. The average molecular weight is 890 g/mol. The summed E-state index contributed by atoms with van der Waals surface area (Å²) in [5.74, 6) is 0. The van der Waals surface area contributed by atoms with Crippen molar-refractivity contribution < 1.29 is 4.42 Å². The number of hydrogen-bond donors (Lipinski definition) is 0. The molecule has 1 unspecified atom stereocenters. The van der Waals surface area contributed by atoms with Gasteiger partial charge in [0.2, 0.25) is 0 Å². The van der Waals surface area contributed by atoms with Crippen molar-refractivity contribution in [2.75, 3.05) is 4.90 Å². The summed E-state index contributed by atoms with van der Waals surface area (Å²) >= 11 is 0. The van der Waals surface area contributed by atoms with E-state index in [0.29, 0.717) is 0 Å². The topological polar surface area (TPSA) is 16.4 Å². The first-order valence-electron chi connectivity index (χ1n) is 24.3. The van der Waals surface area contributed by atoms with Crippen molar-refractivity contribution in [2.24, 2.45) is 0 Å². The van der Waals surface area contributed by atoms with E-state index in [0.717, 1.165) is 50.1 Å². The summed E-state index contributed by atoms with van der Waals surface area (Å²) < 4.78 is 6.55. The van der Waals surface area contributed by atoms with Gasteiger partial charge in [0.15, 0.2) is 0 Å². The lowest BCUT2D eigenvalue weighted by molar-refractivity contribution is 0.670. The molecule has 11 aromatic carbocycles. The zero-order valence-electron chi connectivity index (χ0n) is 38.2. The summed E-state index contributed by atoms with van der Waals surface area (Å²) in [6.45, 7) is 0. The standard InChI is InChI=1S/C68H43NO/c1-3-18-45(19-4-1)67(46-36-34-44(35-37-46)50-27-17-28-58-57-26-11-16-33-65(57)70-66(50)58)59-29-12-7-24-53(59)55-40-38-48(42-63(55)67)69(47-20-5-2-6-21-47)49-39-41-56-54-25-10-15-32-62(54)68(64(56)43-49)60-30-13-8-22-51(60)52-23-9-14-31-61(52)68/h1-43H. The van der Waals surface area contributed by atoms with Crippen LogP contribution in [0.15, 0.2) is 265 Å². The molecule has 12 aromatic rings. The minimum Gasteiger partial charge on any atom is -0.455 e. The Labute approximate surface area is 407 Å². The molecule has 0 bridgehead atoms. The lowest BCUT2D eigenvalue weighted by Crippen LogP contribution is -2.28. The number of fused-ring (bicyclic) bond motifs is 16. The predicted octanol–water partition coefficient (Wildman–Crippen LogP) is 17.4. The second-order valence-corrected chi connectivity index (χ2v) is 19.0. The van der Waals surface area contributed by atoms with E-state index in [9.17, 15) is 0 Å². The molecule has 1 aromatic heterocycles. The zero-order chi connectivity index (χ0) is 46.0. The highest BCUT2D eigenvalue weighted by molar-refractivity contribution is 6.09. The smallest absolute Gasteiger partial charge is 0.143 e. The van der Waals surface area contributed by atoms with Crippen LogP contribution in [0.25, 0.3) is 66.4 Å². The van der Waals surface area contributed by atoms with E-state index in [4.69, 9.17) is 4.42 Å². The van der Waals surface area contributed by atoms with Crippen molar-refractivity contribution in [2.45, 2.75) is 10.8 Å². The first kappa shape index (κ1) is 39.1. The molecular formula is C68H43NO. The third-order valence-corrected chi connectivity index (χ3v) is 15.8. The number of nitrogens with zero attached hydrogens (tertiary/aromatic N) is 1. The Hall–Kier alpha value is -8.98. The molecule has 0 saturated heterocycles. The van der Waals surface area contributed by atoms with Gasteiger partial charge in [-0.2, -0.15) is 0 Å². The van der Waals surface area contributed by atoms with E-state index in [2.05, 4.69) is 260 Å². The summed E-state index contributed by atoms with van der Waals surface area (Å²) in [5, 5.41) is 2.27. The van der Waals surface area contributed by atoms with E-state index in [1.807, 2.05) is 6.07 Å². The molecule has 0 amide bonds. The summed E-state index contributed by atoms with van der Waals surface area (Å²) in [4.78, 5) is 2.47. The van der Waals surface area contributed by atoms with Crippen LogP contribution in [0.4, 0.5) is 17.1 Å². The lowest BCUT2D eigenvalue weighted by Gasteiger charge is -2.35. The van der Waals surface area contributed by atoms with E-state index in [1.54, 1.807) is 0 Å². The molecule has 3 aliphatic carbocycles. The molecule has 70 heavy (non-hydrogen) atoms. The Morgan fingerprint density at radius 2 is 0.700 bits per heavy atom. The number of benzene rings is 11. The minimum atomic E-state index is -0.615. The molecule has 1 atom stereocenters. The van der Waals surface area contributed by atoms with Crippen LogP contribution >= 0.6 is 0 Å². The maximum atomic E-state index is 6.55. The highest BCUT2D eigenvalue weighted by Gasteiger charge is 2.52. The van der Waals surface area contributed by atoms with E-state index in [1.165, 1.54) is 77.9 Å². The molecular weight excluding hydrogens is 847 g/mol. The number of para-hydroxylation sites is 3. The monoisotopic (exact) mass is 889 g/mol. The Balaban J connectivity index is 0.946. The Bertz CT molecular complexity index is 4010. The SMILES string of the molecule is c1ccc(N(c2ccc3c(c2)C(c2ccccc2)(c2ccc(-c4cccc5c4oc4ccccc45)cc2)c2ccccc2-3)c2ccc3c(c2)C2(c4ccccc4-c4ccccc42)c2ccccc2-3)cc1. The van der Waals surface area contributed by atoms with Gasteiger partial charge in [0.25, 0.3) is 0 Å². The average Bonchev–Trinajstić information content (AvgIpc) is 4.14. The third kappa shape index (κ3) is 5.17. The van der Waals surface area contributed by atoms with E-state index < -0.39 is 10.8 Å². The molecule has 0 saturated carbocycles. The Morgan fingerprint density at radius 3 is 1.29 bits per heavy atom. The summed E-state index contributed by atoms with van der Waals surface area (Å²) in [6.07, 6.45) is 0. The quantitative estimate of drug-likeness (QED) is 0.165. The van der Waals surface area contributed by atoms with Gasteiger partial charge in [-0.1, -0.05) is 218 Å². The maximum absolute atomic E-state index is 6.55. The van der Waals surface area contributed by atoms with Crippen molar-refractivity contribution in [3.05, 3.63) is 305 Å². The van der Waals surface area contributed by atoms with Crippen LogP contribution in [0.1, 0.15) is 44.5 Å². The van der Waals surface area contributed by atoms with Crippen molar-refractivity contribution in [3.8, 4) is 44.5 Å². The van der Waals surface area contributed by atoms with Crippen LogP contribution < -0.4 is 4.90 Å². The van der Waals surface area contributed by atoms with Crippen molar-refractivity contribution in [3.63, 3.8) is 0 Å². The first-order valence-corrected chi connectivity index (χ1v) is 24.3. The number of rotatable bonds is 6. The van der Waals surface area contributed by atoms with Gasteiger partial charge in [0.05, 0.1) is 10.8 Å². The largest absolute Gasteiger partial charge is 0.455 e. The van der Waals surface area contributed by atoms with Gasteiger partial charge in [-0.3, -0.25) is 0 Å². The van der Waals surface area contributed by atoms with Crippen LogP contribution in [0.2, 0.25) is 0 Å². The molecule has 0 N–H and O–H groups in total. The molecule has 0 fully saturated rings. The first-order chi connectivity index (χ1) is 34.7. The normalized spacial score (nSPS) is 15.3. The van der Waals surface area contributed by atoms with Crippen LogP contribution in [0.3, 0.4) is 0 Å². The molecule has 3 aliphatic rings. The maximum Gasteiger partial charge on any atom is 0.143 e. The van der Waals surface area contributed by atoms with Crippen LogP contribution in [0.5, 0.6) is 0 Å².